The van der Waals surface area contributed by atoms with Gasteiger partial charge >= 0.3 is 12.1 Å². The first-order chi connectivity index (χ1) is 12.6. The van der Waals surface area contributed by atoms with Crippen LogP contribution in [0, 0.1) is 5.82 Å². The quantitative estimate of drug-likeness (QED) is 0.715. The highest BCUT2D eigenvalue weighted by Gasteiger charge is 2.31. The molecule has 0 aliphatic carbocycles. The monoisotopic (exact) mass is 405 g/mol. The third-order valence-corrected chi connectivity index (χ3v) is 3.66. The number of carboxylic acid groups (broad SMARTS) is 1. The molecule has 0 saturated heterocycles. The maximum absolute atomic E-state index is 14.4. The lowest BCUT2D eigenvalue weighted by Gasteiger charge is -2.12. The van der Waals surface area contributed by atoms with E-state index in [1.54, 1.807) is 0 Å². The zero-order valence-electron chi connectivity index (χ0n) is 13.4. The minimum atomic E-state index is -4.56. The Labute approximate surface area is 155 Å². The Morgan fingerprint density at radius 2 is 1.89 bits per heavy atom. The number of hydrogen-bond donors (Lipinski definition) is 2. The molecule has 0 atom stereocenters. The fourth-order valence-electron chi connectivity index (χ4n) is 2.07. The average Bonchev–Trinajstić information content (AvgIpc) is 2.58. The summed E-state index contributed by atoms with van der Waals surface area (Å²) < 4.78 is 57.5. The molecule has 0 aromatic heterocycles. The number of nitrogens with one attached hydrogen (secondary N) is 1. The van der Waals surface area contributed by atoms with Gasteiger partial charge in [-0.15, -0.1) is 0 Å². The Morgan fingerprint density at radius 3 is 2.48 bits per heavy atom. The first-order valence-electron chi connectivity index (χ1n) is 7.36. The maximum Gasteiger partial charge on any atom is 0.416 e. The molecule has 2 N–H and O–H groups in total. The van der Waals surface area contributed by atoms with Crippen LogP contribution in [0.15, 0.2) is 36.4 Å². The molecular formula is C17H12ClF4NO4. The average molecular weight is 406 g/mol. The summed E-state index contributed by atoms with van der Waals surface area (Å²) in [6.07, 6.45) is -4.56. The van der Waals surface area contributed by atoms with Crippen LogP contribution in [-0.2, 0) is 17.6 Å². The van der Waals surface area contributed by atoms with Crippen LogP contribution < -0.4 is 10.1 Å². The second-order valence-corrected chi connectivity index (χ2v) is 5.69. The van der Waals surface area contributed by atoms with Crippen LogP contribution in [0.5, 0.6) is 5.75 Å². The molecule has 0 saturated carbocycles. The van der Waals surface area contributed by atoms with E-state index >= 15 is 0 Å². The first-order valence-corrected chi connectivity index (χ1v) is 7.74. The largest absolute Gasteiger partial charge is 0.487 e. The molecule has 0 radical (unpaired) electrons. The predicted octanol–water partition coefficient (Wildman–Crippen LogP) is 3.89. The number of amides is 1. The summed E-state index contributed by atoms with van der Waals surface area (Å²) in [7, 11) is 0. The van der Waals surface area contributed by atoms with E-state index in [1.807, 2.05) is 5.32 Å². The second kappa shape index (κ2) is 8.26. The van der Waals surface area contributed by atoms with E-state index in [0.29, 0.717) is 6.07 Å². The van der Waals surface area contributed by atoms with Gasteiger partial charge in [0.1, 0.15) is 24.7 Å². The molecule has 0 bridgehead atoms. The van der Waals surface area contributed by atoms with Crippen molar-refractivity contribution < 1.29 is 37.0 Å². The van der Waals surface area contributed by atoms with E-state index in [-0.39, 0.29) is 16.3 Å². The number of carbonyl (C=O) groups is 2. The number of benzene rings is 2. The van der Waals surface area contributed by atoms with Crippen LogP contribution >= 0.6 is 11.6 Å². The van der Waals surface area contributed by atoms with Crippen molar-refractivity contribution in [1.82, 2.24) is 5.32 Å². The Balaban J connectivity index is 2.14. The SMILES string of the molecule is O=C(O)CNC(=O)c1cccc(COc2ccc(C(F)(F)F)cc2Cl)c1F. The molecule has 0 aliphatic heterocycles. The second-order valence-electron chi connectivity index (χ2n) is 5.29. The number of ether oxygens (including phenoxy) is 1. The molecule has 0 heterocycles. The lowest BCUT2D eigenvalue weighted by atomic mass is 10.1. The number of alkyl halides is 3. The van der Waals surface area contributed by atoms with Gasteiger partial charge in [0.25, 0.3) is 5.91 Å². The van der Waals surface area contributed by atoms with Gasteiger partial charge in [-0.05, 0) is 24.3 Å². The van der Waals surface area contributed by atoms with Crippen molar-refractivity contribution in [2.24, 2.45) is 0 Å². The molecule has 0 unspecified atom stereocenters. The highest BCUT2D eigenvalue weighted by Crippen LogP contribution is 2.35. The van der Waals surface area contributed by atoms with Gasteiger partial charge in [-0.2, -0.15) is 13.2 Å². The normalized spacial score (nSPS) is 11.1. The summed E-state index contributed by atoms with van der Waals surface area (Å²) in [4.78, 5) is 22.3. The molecule has 0 fully saturated rings. The van der Waals surface area contributed by atoms with Crippen molar-refractivity contribution in [1.29, 1.82) is 0 Å². The first kappa shape index (κ1) is 20.5. The summed E-state index contributed by atoms with van der Waals surface area (Å²) in [5.74, 6) is -3.25. The highest BCUT2D eigenvalue weighted by atomic mass is 35.5. The fourth-order valence-corrected chi connectivity index (χ4v) is 2.30. The number of rotatable bonds is 6. The Kier molecular flexibility index (Phi) is 6.27. The summed E-state index contributed by atoms with van der Waals surface area (Å²) in [6.45, 7) is -1.09. The van der Waals surface area contributed by atoms with E-state index < -0.39 is 48.1 Å². The van der Waals surface area contributed by atoms with Crippen LogP contribution in [0.3, 0.4) is 0 Å². The Morgan fingerprint density at radius 1 is 1.19 bits per heavy atom. The van der Waals surface area contributed by atoms with Gasteiger partial charge in [-0.1, -0.05) is 23.7 Å². The predicted molar refractivity (Wildman–Crippen MR) is 87.2 cm³/mol. The van der Waals surface area contributed by atoms with Crippen LogP contribution in [0.25, 0.3) is 0 Å². The molecule has 5 nitrogen and oxygen atoms in total. The molecule has 1 amide bonds. The molecule has 144 valence electrons. The highest BCUT2D eigenvalue weighted by molar-refractivity contribution is 6.32. The third kappa shape index (κ3) is 5.33. The zero-order valence-corrected chi connectivity index (χ0v) is 14.2. The number of halogens is 5. The zero-order chi connectivity index (χ0) is 20.2. The Hall–Kier alpha value is -2.81. The smallest absolute Gasteiger partial charge is 0.416 e. The van der Waals surface area contributed by atoms with Crippen molar-refractivity contribution in [3.05, 3.63) is 63.9 Å². The van der Waals surface area contributed by atoms with Crippen molar-refractivity contribution in [3.63, 3.8) is 0 Å². The van der Waals surface area contributed by atoms with Crippen LogP contribution in [-0.4, -0.2) is 23.5 Å². The molecule has 0 spiro atoms. The van der Waals surface area contributed by atoms with Gasteiger partial charge in [0.2, 0.25) is 0 Å². The lowest BCUT2D eigenvalue weighted by molar-refractivity contribution is -0.138. The minimum absolute atomic E-state index is 0.0612. The Bertz CT molecular complexity index is 870. The summed E-state index contributed by atoms with van der Waals surface area (Å²) in [6, 6.07) is 6.27. The van der Waals surface area contributed by atoms with E-state index in [0.717, 1.165) is 18.2 Å². The van der Waals surface area contributed by atoms with Gasteiger partial charge in [0.15, 0.2) is 0 Å². The van der Waals surface area contributed by atoms with E-state index in [1.165, 1.54) is 12.1 Å². The molecule has 10 heteroatoms. The van der Waals surface area contributed by atoms with Crippen molar-refractivity contribution >= 4 is 23.5 Å². The fraction of sp³-hybridized carbons (Fsp3) is 0.176. The number of hydrogen-bond acceptors (Lipinski definition) is 3. The topological polar surface area (TPSA) is 75.6 Å². The number of aliphatic carboxylic acids is 1. The third-order valence-electron chi connectivity index (χ3n) is 3.37. The number of carbonyl (C=O) groups excluding carboxylic acids is 1. The molecule has 27 heavy (non-hydrogen) atoms. The molecule has 2 aromatic rings. The summed E-state index contributed by atoms with van der Waals surface area (Å²) in [5, 5.41) is 10.2. The van der Waals surface area contributed by atoms with Crippen LogP contribution in [0.1, 0.15) is 21.5 Å². The number of carboxylic acids is 1. The van der Waals surface area contributed by atoms with Crippen molar-refractivity contribution in [3.8, 4) is 5.75 Å². The standard InChI is InChI=1S/C17H12ClF4NO4/c18-12-6-10(17(20,21)22)4-5-13(12)27-8-9-2-1-3-11(15(9)19)16(26)23-7-14(24)25/h1-6H,7-8H2,(H,23,26)(H,24,25). The van der Waals surface area contributed by atoms with Gasteiger partial charge in [0, 0.05) is 5.56 Å². The van der Waals surface area contributed by atoms with Gasteiger partial charge in [-0.3, -0.25) is 9.59 Å². The lowest BCUT2D eigenvalue weighted by Crippen LogP contribution is -2.30. The minimum Gasteiger partial charge on any atom is -0.487 e. The van der Waals surface area contributed by atoms with Gasteiger partial charge < -0.3 is 15.2 Å². The molecular weight excluding hydrogens is 394 g/mol. The van der Waals surface area contributed by atoms with Crippen molar-refractivity contribution in [2.45, 2.75) is 12.8 Å². The summed E-state index contributed by atoms with van der Waals surface area (Å²) >= 11 is 5.76. The van der Waals surface area contributed by atoms with Gasteiger partial charge in [-0.25, -0.2) is 4.39 Å². The van der Waals surface area contributed by atoms with E-state index in [4.69, 9.17) is 21.4 Å². The van der Waals surface area contributed by atoms with E-state index in [2.05, 4.69) is 0 Å². The van der Waals surface area contributed by atoms with E-state index in [9.17, 15) is 27.2 Å². The van der Waals surface area contributed by atoms with Gasteiger partial charge in [0.05, 0.1) is 16.1 Å². The maximum atomic E-state index is 14.4. The molecule has 0 aliphatic rings. The van der Waals surface area contributed by atoms with Crippen molar-refractivity contribution in [2.75, 3.05) is 6.54 Å². The van der Waals surface area contributed by atoms with Crippen LogP contribution in [0.4, 0.5) is 17.6 Å². The molecule has 2 rings (SSSR count). The van der Waals surface area contributed by atoms with Crippen LogP contribution in [0.2, 0.25) is 5.02 Å². The summed E-state index contributed by atoms with van der Waals surface area (Å²) in [5.41, 5.74) is -1.41. The molecule has 2 aromatic carbocycles.